The Labute approximate surface area is 161 Å². The summed E-state index contributed by atoms with van der Waals surface area (Å²) in [4.78, 5) is 26.9. The molecule has 6 nitrogen and oxygen atoms in total. The molecule has 1 aromatic rings. The van der Waals surface area contributed by atoms with E-state index in [-0.39, 0.29) is 47.9 Å². The van der Waals surface area contributed by atoms with E-state index in [1.165, 1.54) is 6.07 Å². The first-order chi connectivity index (χ1) is 12.4. The minimum Gasteiger partial charge on any atom is -0.508 e. The second kappa shape index (κ2) is 6.91. The van der Waals surface area contributed by atoms with Crippen LogP contribution in [0.25, 0.3) is 0 Å². The van der Waals surface area contributed by atoms with Crippen LogP contribution in [-0.4, -0.2) is 53.5 Å². The normalized spacial score (nSPS) is 28.6. The second-order valence-corrected chi connectivity index (χ2v) is 8.21. The van der Waals surface area contributed by atoms with Gasteiger partial charge in [-0.2, -0.15) is 0 Å². The maximum atomic E-state index is 12.6. The number of aromatic hydroxyl groups is 1. The Bertz CT molecular complexity index is 753. The fraction of sp³-hybridized carbons (Fsp3) is 0.556. The van der Waals surface area contributed by atoms with Crippen molar-refractivity contribution in [2.75, 3.05) is 19.6 Å². The molecule has 1 aromatic carbocycles. The van der Waals surface area contributed by atoms with Crippen molar-refractivity contribution in [2.24, 2.45) is 5.92 Å². The van der Waals surface area contributed by atoms with E-state index in [0.29, 0.717) is 35.0 Å². The van der Waals surface area contributed by atoms with Crippen LogP contribution >= 0.6 is 23.2 Å². The van der Waals surface area contributed by atoms with Crippen molar-refractivity contribution in [1.29, 1.82) is 0 Å². The molecule has 0 aliphatic carbocycles. The minimum atomic E-state index is -0.286. The van der Waals surface area contributed by atoms with E-state index < -0.39 is 0 Å². The van der Waals surface area contributed by atoms with Crippen molar-refractivity contribution < 1.29 is 14.7 Å². The van der Waals surface area contributed by atoms with Crippen LogP contribution in [-0.2, 0) is 9.59 Å². The number of nitrogens with zero attached hydrogens (tertiary/aromatic N) is 1. The number of fused-ring (bicyclic) bond motifs is 1. The van der Waals surface area contributed by atoms with Crippen molar-refractivity contribution in [3.63, 3.8) is 0 Å². The van der Waals surface area contributed by atoms with E-state index in [2.05, 4.69) is 10.6 Å². The Hall–Kier alpha value is -1.50. The fourth-order valence-electron chi connectivity index (χ4n) is 4.25. The van der Waals surface area contributed by atoms with E-state index in [4.69, 9.17) is 23.2 Å². The van der Waals surface area contributed by atoms with Gasteiger partial charge in [0.1, 0.15) is 5.75 Å². The molecule has 2 amide bonds. The highest BCUT2D eigenvalue weighted by atomic mass is 35.5. The van der Waals surface area contributed by atoms with Gasteiger partial charge < -0.3 is 20.6 Å². The van der Waals surface area contributed by atoms with E-state index in [1.807, 2.05) is 4.90 Å². The summed E-state index contributed by atoms with van der Waals surface area (Å²) >= 11 is 12.4. The number of piperidine rings is 1. The number of rotatable bonds is 3. The molecular formula is C18H21Cl2N3O3. The summed E-state index contributed by atoms with van der Waals surface area (Å²) in [5.41, 5.74) is 0.600. The molecule has 0 spiro atoms. The lowest BCUT2D eigenvalue weighted by Crippen LogP contribution is -2.58. The van der Waals surface area contributed by atoms with Crippen LogP contribution in [0, 0.1) is 5.92 Å². The number of carbonyl (C=O) groups is 2. The van der Waals surface area contributed by atoms with Gasteiger partial charge in [-0.25, -0.2) is 0 Å². The molecule has 0 bridgehead atoms. The van der Waals surface area contributed by atoms with Gasteiger partial charge in [0.15, 0.2) is 0 Å². The second-order valence-electron chi connectivity index (χ2n) is 7.43. The molecule has 3 saturated heterocycles. The highest BCUT2D eigenvalue weighted by Crippen LogP contribution is 2.45. The van der Waals surface area contributed by atoms with Crippen molar-refractivity contribution in [1.82, 2.24) is 15.5 Å². The van der Waals surface area contributed by atoms with Gasteiger partial charge in [-0.3, -0.25) is 9.59 Å². The smallest absolute Gasteiger partial charge is 0.224 e. The maximum Gasteiger partial charge on any atom is 0.224 e. The lowest BCUT2D eigenvalue weighted by atomic mass is 9.87. The van der Waals surface area contributed by atoms with E-state index in [1.54, 1.807) is 6.07 Å². The molecule has 3 aliphatic rings. The monoisotopic (exact) mass is 397 g/mol. The molecule has 8 heteroatoms. The third-order valence-electron chi connectivity index (χ3n) is 5.73. The number of hydrogen-bond acceptors (Lipinski definition) is 4. The number of phenolic OH excluding ortho intramolecular Hbond substituents is 1. The Morgan fingerprint density at radius 1 is 1.27 bits per heavy atom. The molecule has 0 radical (unpaired) electrons. The third-order valence-corrected chi connectivity index (χ3v) is 6.55. The lowest BCUT2D eigenvalue weighted by molar-refractivity contribution is -0.142. The van der Waals surface area contributed by atoms with Crippen LogP contribution in [0.4, 0.5) is 0 Å². The zero-order valence-electron chi connectivity index (χ0n) is 14.2. The number of phenols is 1. The Balaban J connectivity index is 1.49. The van der Waals surface area contributed by atoms with Crippen molar-refractivity contribution >= 4 is 35.0 Å². The van der Waals surface area contributed by atoms with E-state index in [9.17, 15) is 14.7 Å². The number of benzene rings is 1. The molecule has 3 atom stereocenters. The predicted octanol–water partition coefficient (Wildman–Crippen LogP) is 1.88. The number of nitrogens with one attached hydrogen (secondary N) is 2. The van der Waals surface area contributed by atoms with Gasteiger partial charge in [-0.15, -0.1) is 0 Å². The number of carbonyl (C=O) groups excluding carboxylic acids is 2. The summed E-state index contributed by atoms with van der Waals surface area (Å²) in [6, 6.07) is 3.26. The van der Waals surface area contributed by atoms with Gasteiger partial charge in [0.05, 0.1) is 16.1 Å². The standard InChI is InChI=1S/C18H21Cl2N3O3/c19-13-1-2-14(24)16(17(13)20)10-4-12-3-9(5-15(25)23(12)8-10)18(26)22-11-6-21-7-11/h1-2,9-12,21,24H,3-8H2,(H,22,26)/t9-,10+,12-/m1/s1. The maximum absolute atomic E-state index is 12.6. The molecule has 0 aromatic heterocycles. The van der Waals surface area contributed by atoms with Gasteiger partial charge in [0.25, 0.3) is 0 Å². The fourth-order valence-corrected chi connectivity index (χ4v) is 4.73. The first-order valence-corrected chi connectivity index (χ1v) is 9.67. The zero-order valence-corrected chi connectivity index (χ0v) is 15.7. The SMILES string of the molecule is O=C(NC1CNC1)[C@H]1CC(=O)N2C[C@@H](c3c(O)ccc(Cl)c3Cl)C[C@H]2C1. The molecule has 0 unspecified atom stereocenters. The van der Waals surface area contributed by atoms with Crippen LogP contribution in [0.3, 0.4) is 0 Å². The lowest BCUT2D eigenvalue weighted by Gasteiger charge is -2.35. The average Bonchev–Trinajstić information content (AvgIpc) is 2.99. The summed E-state index contributed by atoms with van der Waals surface area (Å²) in [5, 5.41) is 17.1. The average molecular weight is 398 g/mol. The number of amides is 2. The molecule has 3 heterocycles. The van der Waals surface area contributed by atoms with Gasteiger partial charge in [-0.05, 0) is 25.0 Å². The van der Waals surface area contributed by atoms with Crippen molar-refractivity contribution in [2.45, 2.75) is 37.3 Å². The Morgan fingerprint density at radius 2 is 2.04 bits per heavy atom. The highest BCUT2D eigenvalue weighted by Gasteiger charge is 2.44. The molecule has 3 fully saturated rings. The number of hydrogen-bond donors (Lipinski definition) is 3. The van der Waals surface area contributed by atoms with Crippen LogP contribution < -0.4 is 10.6 Å². The summed E-state index contributed by atoms with van der Waals surface area (Å²) in [7, 11) is 0. The van der Waals surface area contributed by atoms with Crippen LogP contribution in [0.15, 0.2) is 12.1 Å². The third kappa shape index (κ3) is 3.15. The molecule has 3 N–H and O–H groups in total. The summed E-state index contributed by atoms with van der Waals surface area (Å²) < 4.78 is 0. The molecule has 0 saturated carbocycles. The van der Waals surface area contributed by atoms with Crippen molar-refractivity contribution in [3.05, 3.63) is 27.7 Å². The van der Waals surface area contributed by atoms with Crippen LogP contribution in [0.5, 0.6) is 5.75 Å². The topological polar surface area (TPSA) is 81.7 Å². The summed E-state index contributed by atoms with van der Waals surface area (Å²) in [6.07, 6.45) is 1.56. The molecular weight excluding hydrogens is 377 g/mol. The highest BCUT2D eigenvalue weighted by molar-refractivity contribution is 6.42. The first-order valence-electron chi connectivity index (χ1n) is 8.91. The first kappa shape index (κ1) is 17.9. The van der Waals surface area contributed by atoms with E-state index >= 15 is 0 Å². The Kier molecular flexibility index (Phi) is 4.75. The van der Waals surface area contributed by atoms with Crippen molar-refractivity contribution in [3.8, 4) is 5.75 Å². The van der Waals surface area contributed by atoms with Gasteiger partial charge in [0, 0.05) is 49.5 Å². The zero-order chi connectivity index (χ0) is 18.4. The van der Waals surface area contributed by atoms with Gasteiger partial charge >= 0.3 is 0 Å². The quantitative estimate of drug-likeness (QED) is 0.727. The molecule has 26 heavy (non-hydrogen) atoms. The molecule has 140 valence electrons. The van der Waals surface area contributed by atoms with E-state index in [0.717, 1.165) is 13.1 Å². The van der Waals surface area contributed by atoms with Crippen LogP contribution in [0.1, 0.15) is 30.7 Å². The van der Waals surface area contributed by atoms with Gasteiger partial charge in [0.2, 0.25) is 11.8 Å². The summed E-state index contributed by atoms with van der Waals surface area (Å²) in [6.45, 7) is 2.07. The molecule has 3 aliphatic heterocycles. The summed E-state index contributed by atoms with van der Waals surface area (Å²) in [5.74, 6) is -0.298. The van der Waals surface area contributed by atoms with Gasteiger partial charge in [-0.1, -0.05) is 23.2 Å². The van der Waals surface area contributed by atoms with Crippen LogP contribution in [0.2, 0.25) is 10.0 Å². The predicted molar refractivity (Wildman–Crippen MR) is 98.5 cm³/mol. The molecule has 4 rings (SSSR count). The number of halogens is 2. The Morgan fingerprint density at radius 3 is 2.73 bits per heavy atom. The minimum absolute atomic E-state index is 0.00623. The largest absolute Gasteiger partial charge is 0.508 e.